The topological polar surface area (TPSA) is 50.7 Å². The zero-order valence-electron chi connectivity index (χ0n) is 12.4. The van der Waals surface area contributed by atoms with E-state index in [0.717, 1.165) is 0 Å². The van der Waals surface area contributed by atoms with Gasteiger partial charge in [0.15, 0.2) is 0 Å². The standard InChI is InChI=1S/C16H12BrClF2N2O2/c1-9(23)21-22-15(10-2-5-12(18)6-3-10)13-7-4-11(17)8-14(13)24-16(19)20/h2-8,16H,1H3,(H,21,23). The molecule has 1 N–H and O–H groups in total. The van der Waals surface area contributed by atoms with Crippen LogP contribution in [0.2, 0.25) is 5.02 Å². The van der Waals surface area contributed by atoms with Crippen molar-refractivity contribution in [3.8, 4) is 5.75 Å². The van der Waals surface area contributed by atoms with Gasteiger partial charge in [0.2, 0.25) is 5.91 Å². The van der Waals surface area contributed by atoms with E-state index in [-0.39, 0.29) is 11.5 Å². The smallest absolute Gasteiger partial charge is 0.387 e. The molecule has 126 valence electrons. The summed E-state index contributed by atoms with van der Waals surface area (Å²) >= 11 is 9.08. The highest BCUT2D eigenvalue weighted by Crippen LogP contribution is 2.28. The molecule has 4 nitrogen and oxygen atoms in total. The molecule has 0 unspecified atom stereocenters. The van der Waals surface area contributed by atoms with Crippen molar-refractivity contribution in [3.63, 3.8) is 0 Å². The summed E-state index contributed by atoms with van der Waals surface area (Å²) in [6, 6.07) is 11.2. The van der Waals surface area contributed by atoms with Crippen LogP contribution in [0.4, 0.5) is 8.78 Å². The maximum Gasteiger partial charge on any atom is 0.387 e. The van der Waals surface area contributed by atoms with Crippen LogP contribution >= 0.6 is 27.5 Å². The number of amides is 1. The first-order valence-corrected chi connectivity index (χ1v) is 7.89. The number of nitrogens with zero attached hydrogens (tertiary/aromatic N) is 1. The Hall–Kier alpha value is -1.99. The van der Waals surface area contributed by atoms with Crippen molar-refractivity contribution < 1.29 is 18.3 Å². The second kappa shape index (κ2) is 8.21. The SMILES string of the molecule is CC(=O)NN=C(c1ccc(Cl)cc1)c1ccc(Br)cc1OC(F)F. The number of carbonyl (C=O) groups is 1. The van der Waals surface area contributed by atoms with Crippen LogP contribution in [0.15, 0.2) is 52.0 Å². The minimum atomic E-state index is -3.00. The number of carbonyl (C=O) groups excluding carboxylic acids is 1. The van der Waals surface area contributed by atoms with Gasteiger partial charge in [-0.1, -0.05) is 39.7 Å². The first-order chi connectivity index (χ1) is 11.4. The lowest BCUT2D eigenvalue weighted by atomic mass is 10.0. The molecule has 0 aromatic heterocycles. The van der Waals surface area contributed by atoms with Crippen LogP contribution < -0.4 is 10.2 Å². The molecule has 24 heavy (non-hydrogen) atoms. The lowest BCUT2D eigenvalue weighted by Gasteiger charge is -2.14. The van der Waals surface area contributed by atoms with Crippen molar-refractivity contribution in [1.82, 2.24) is 5.43 Å². The van der Waals surface area contributed by atoms with E-state index >= 15 is 0 Å². The third-order valence-corrected chi connectivity index (χ3v) is 3.60. The van der Waals surface area contributed by atoms with Crippen molar-refractivity contribution in [2.75, 3.05) is 0 Å². The fourth-order valence-electron chi connectivity index (χ4n) is 1.91. The summed E-state index contributed by atoms with van der Waals surface area (Å²) in [6.45, 7) is -1.70. The summed E-state index contributed by atoms with van der Waals surface area (Å²) in [5.41, 5.74) is 3.46. The van der Waals surface area contributed by atoms with E-state index in [9.17, 15) is 13.6 Å². The molecule has 0 atom stereocenters. The van der Waals surface area contributed by atoms with E-state index in [1.54, 1.807) is 36.4 Å². The maximum absolute atomic E-state index is 12.7. The molecule has 2 rings (SSSR count). The highest BCUT2D eigenvalue weighted by Gasteiger charge is 2.17. The second-order valence-corrected chi connectivity index (χ2v) is 6.01. The Morgan fingerprint density at radius 2 is 1.92 bits per heavy atom. The molecule has 0 heterocycles. The molecule has 2 aromatic carbocycles. The van der Waals surface area contributed by atoms with Crippen molar-refractivity contribution in [1.29, 1.82) is 0 Å². The molecule has 0 radical (unpaired) electrons. The fraction of sp³-hybridized carbons (Fsp3) is 0.125. The van der Waals surface area contributed by atoms with Gasteiger partial charge in [0.05, 0.1) is 0 Å². The summed E-state index contributed by atoms with van der Waals surface area (Å²) in [5, 5.41) is 4.54. The quantitative estimate of drug-likeness (QED) is 0.571. The highest BCUT2D eigenvalue weighted by atomic mass is 79.9. The van der Waals surface area contributed by atoms with E-state index in [2.05, 4.69) is 31.2 Å². The Morgan fingerprint density at radius 1 is 1.25 bits per heavy atom. The molecular formula is C16H12BrClF2N2O2. The van der Waals surface area contributed by atoms with Crippen molar-refractivity contribution in [3.05, 3.63) is 63.1 Å². The number of benzene rings is 2. The molecule has 2 aromatic rings. The van der Waals surface area contributed by atoms with Crippen LogP contribution in [-0.2, 0) is 4.79 Å². The van der Waals surface area contributed by atoms with E-state index < -0.39 is 12.5 Å². The predicted molar refractivity (Wildman–Crippen MR) is 91.7 cm³/mol. The van der Waals surface area contributed by atoms with Crippen LogP contribution in [0, 0.1) is 0 Å². The molecular weight excluding hydrogens is 406 g/mol. The number of hydrogen-bond acceptors (Lipinski definition) is 3. The van der Waals surface area contributed by atoms with Gasteiger partial charge in [-0.15, -0.1) is 0 Å². The van der Waals surface area contributed by atoms with E-state index in [1.807, 2.05) is 0 Å². The van der Waals surface area contributed by atoms with Crippen molar-refractivity contribution >= 4 is 39.1 Å². The summed E-state index contributed by atoms with van der Waals surface area (Å²) in [4.78, 5) is 11.2. The molecule has 0 aliphatic rings. The van der Waals surface area contributed by atoms with E-state index in [1.165, 1.54) is 13.0 Å². The van der Waals surface area contributed by atoms with Crippen molar-refractivity contribution in [2.24, 2.45) is 5.10 Å². The van der Waals surface area contributed by atoms with Gasteiger partial charge in [-0.05, 0) is 30.3 Å². The van der Waals surface area contributed by atoms with E-state index in [4.69, 9.17) is 11.6 Å². The minimum absolute atomic E-state index is 0.0709. The number of rotatable bonds is 5. The predicted octanol–water partition coefficient (Wildman–Crippen LogP) is 4.59. The Labute approximate surface area is 150 Å². The number of alkyl halides is 2. The zero-order chi connectivity index (χ0) is 17.7. The highest BCUT2D eigenvalue weighted by molar-refractivity contribution is 9.10. The first-order valence-electron chi connectivity index (χ1n) is 6.71. The molecule has 0 bridgehead atoms. The summed E-state index contributed by atoms with van der Waals surface area (Å²) in [7, 11) is 0. The monoisotopic (exact) mass is 416 g/mol. The third kappa shape index (κ3) is 5.01. The summed E-state index contributed by atoms with van der Waals surface area (Å²) in [6.07, 6.45) is 0. The number of hydrazone groups is 1. The fourth-order valence-corrected chi connectivity index (χ4v) is 2.37. The van der Waals surface area contributed by atoms with Gasteiger partial charge >= 0.3 is 6.61 Å². The first kappa shape index (κ1) is 18.4. The Bertz CT molecular complexity index is 767. The minimum Gasteiger partial charge on any atom is -0.434 e. The largest absolute Gasteiger partial charge is 0.434 e. The molecule has 0 saturated heterocycles. The third-order valence-electron chi connectivity index (χ3n) is 2.86. The van der Waals surface area contributed by atoms with Crippen LogP contribution in [0.1, 0.15) is 18.1 Å². The van der Waals surface area contributed by atoms with Gasteiger partial charge in [0, 0.05) is 27.5 Å². The summed E-state index contributed by atoms with van der Waals surface area (Å²) in [5.74, 6) is -0.465. The van der Waals surface area contributed by atoms with Gasteiger partial charge in [-0.25, -0.2) is 5.43 Å². The Morgan fingerprint density at radius 3 is 2.50 bits per heavy atom. The number of halogens is 4. The second-order valence-electron chi connectivity index (χ2n) is 4.65. The average molecular weight is 418 g/mol. The number of nitrogens with one attached hydrogen (secondary N) is 1. The normalized spacial score (nSPS) is 11.5. The lowest BCUT2D eigenvalue weighted by molar-refractivity contribution is -0.118. The van der Waals surface area contributed by atoms with Gasteiger partial charge < -0.3 is 4.74 Å². The van der Waals surface area contributed by atoms with Crippen LogP contribution in [0.3, 0.4) is 0 Å². The van der Waals surface area contributed by atoms with Gasteiger partial charge in [0.25, 0.3) is 0 Å². The molecule has 8 heteroatoms. The molecule has 0 saturated carbocycles. The molecule has 1 amide bonds. The van der Waals surface area contributed by atoms with Crippen LogP contribution in [0.25, 0.3) is 0 Å². The Kier molecular flexibility index (Phi) is 6.28. The average Bonchev–Trinajstić information content (AvgIpc) is 2.50. The molecule has 0 spiro atoms. The van der Waals surface area contributed by atoms with Gasteiger partial charge in [0.1, 0.15) is 11.5 Å². The molecule has 0 aliphatic carbocycles. The van der Waals surface area contributed by atoms with Crippen molar-refractivity contribution in [2.45, 2.75) is 13.5 Å². The van der Waals surface area contributed by atoms with E-state index in [0.29, 0.717) is 20.6 Å². The molecule has 0 fully saturated rings. The van der Waals surface area contributed by atoms with Crippen LogP contribution in [0.5, 0.6) is 5.75 Å². The Balaban J connectivity index is 2.57. The van der Waals surface area contributed by atoms with Gasteiger partial charge in [-0.3, -0.25) is 4.79 Å². The van der Waals surface area contributed by atoms with Gasteiger partial charge in [-0.2, -0.15) is 13.9 Å². The number of hydrogen-bond donors (Lipinski definition) is 1. The number of ether oxygens (including phenoxy) is 1. The van der Waals surface area contributed by atoms with Crippen LogP contribution in [-0.4, -0.2) is 18.2 Å². The summed E-state index contributed by atoms with van der Waals surface area (Å²) < 4.78 is 30.5. The molecule has 0 aliphatic heterocycles. The zero-order valence-corrected chi connectivity index (χ0v) is 14.7. The maximum atomic E-state index is 12.7. The lowest BCUT2D eigenvalue weighted by Crippen LogP contribution is -2.18.